The van der Waals surface area contributed by atoms with E-state index in [4.69, 9.17) is 15.3 Å². The molecule has 7 nitrogen and oxygen atoms in total. The number of nitrogens with one attached hydrogen (secondary N) is 2. The van der Waals surface area contributed by atoms with Crippen LogP contribution >= 0.6 is 0 Å². The van der Waals surface area contributed by atoms with Crippen LogP contribution in [0.1, 0.15) is 6.42 Å². The Bertz CT molecular complexity index is 257. The Labute approximate surface area is 86.1 Å². The number of β-amino-alcohol motifs (C(OH)–C–C–N with tert-alkyl or cyclic N) is 1. The summed E-state index contributed by atoms with van der Waals surface area (Å²) in [7, 11) is 0. The van der Waals surface area contributed by atoms with Crippen LogP contribution in [0.5, 0.6) is 0 Å². The summed E-state index contributed by atoms with van der Waals surface area (Å²) in [6.07, 6.45) is -0.331. The van der Waals surface area contributed by atoms with Gasteiger partial charge >= 0.3 is 5.97 Å². The second-order valence-electron chi connectivity index (χ2n) is 3.43. The van der Waals surface area contributed by atoms with Crippen LogP contribution in [0.3, 0.4) is 0 Å². The third kappa shape index (κ3) is 3.15. The molecule has 1 fully saturated rings. The van der Waals surface area contributed by atoms with E-state index >= 15 is 0 Å². The van der Waals surface area contributed by atoms with Crippen molar-refractivity contribution in [2.45, 2.75) is 24.6 Å². The highest BCUT2D eigenvalue weighted by Crippen LogP contribution is 2.06. The van der Waals surface area contributed by atoms with Gasteiger partial charge in [-0.05, 0) is 6.42 Å². The number of aliphatic carboxylic acids is 1. The molecule has 0 aromatic heterocycles. The monoisotopic (exact) mass is 218 g/mol. The topological polar surface area (TPSA) is 119 Å². The first-order valence-electron chi connectivity index (χ1n) is 4.60. The van der Waals surface area contributed by atoms with Gasteiger partial charge in [-0.3, -0.25) is 4.79 Å². The number of aliphatic hydroxyl groups is 2. The predicted molar refractivity (Wildman–Crippen MR) is 49.1 cm³/mol. The fourth-order valence-electron chi connectivity index (χ4n) is 1.37. The number of carboxylic acids is 1. The number of amides is 1. The van der Waals surface area contributed by atoms with Gasteiger partial charge in [0.1, 0.15) is 6.04 Å². The van der Waals surface area contributed by atoms with E-state index in [1.807, 2.05) is 0 Å². The molecule has 1 rings (SSSR count). The maximum Gasteiger partial charge on any atom is 0.328 e. The molecule has 0 aromatic rings. The van der Waals surface area contributed by atoms with E-state index in [1.165, 1.54) is 0 Å². The summed E-state index contributed by atoms with van der Waals surface area (Å²) < 4.78 is 0. The zero-order chi connectivity index (χ0) is 11.4. The molecule has 15 heavy (non-hydrogen) atoms. The van der Waals surface area contributed by atoms with Crippen molar-refractivity contribution in [2.75, 3.05) is 13.2 Å². The van der Waals surface area contributed by atoms with E-state index in [9.17, 15) is 9.59 Å². The van der Waals surface area contributed by atoms with Crippen LogP contribution in [0.2, 0.25) is 0 Å². The smallest absolute Gasteiger partial charge is 0.328 e. The largest absolute Gasteiger partial charge is 0.480 e. The minimum absolute atomic E-state index is 0.254. The van der Waals surface area contributed by atoms with Crippen LogP contribution in [0, 0.1) is 0 Å². The molecular formula is C8H14N2O5. The quantitative estimate of drug-likeness (QED) is 0.349. The SMILES string of the molecule is O=C(N[C@H](CO)C(=O)O)C1C[C@H](O)CN1. The molecule has 5 N–H and O–H groups in total. The molecule has 0 spiro atoms. The average Bonchev–Trinajstić information content (AvgIpc) is 2.60. The molecule has 1 unspecified atom stereocenters. The Morgan fingerprint density at radius 1 is 1.53 bits per heavy atom. The van der Waals surface area contributed by atoms with Gasteiger partial charge in [0.15, 0.2) is 0 Å². The highest BCUT2D eigenvalue weighted by Gasteiger charge is 2.30. The molecule has 1 saturated heterocycles. The summed E-state index contributed by atoms with van der Waals surface area (Å²) in [5.41, 5.74) is 0. The molecule has 1 amide bonds. The molecule has 0 bridgehead atoms. The lowest BCUT2D eigenvalue weighted by molar-refractivity contribution is -0.143. The van der Waals surface area contributed by atoms with Crippen LogP contribution in [0.15, 0.2) is 0 Å². The molecular weight excluding hydrogens is 204 g/mol. The summed E-state index contributed by atoms with van der Waals surface area (Å²) >= 11 is 0. The molecule has 1 aliphatic heterocycles. The highest BCUT2D eigenvalue weighted by atomic mass is 16.4. The van der Waals surface area contributed by atoms with E-state index in [-0.39, 0.29) is 6.42 Å². The number of hydrogen-bond donors (Lipinski definition) is 5. The highest BCUT2D eigenvalue weighted by molar-refractivity contribution is 5.87. The van der Waals surface area contributed by atoms with E-state index in [2.05, 4.69) is 10.6 Å². The first-order valence-corrected chi connectivity index (χ1v) is 4.60. The molecule has 0 aliphatic carbocycles. The maximum absolute atomic E-state index is 11.4. The van der Waals surface area contributed by atoms with Crippen LogP contribution in [0.4, 0.5) is 0 Å². The molecule has 3 atom stereocenters. The molecule has 7 heteroatoms. The zero-order valence-corrected chi connectivity index (χ0v) is 8.01. The lowest BCUT2D eigenvalue weighted by atomic mass is 10.2. The zero-order valence-electron chi connectivity index (χ0n) is 8.01. The number of rotatable bonds is 4. The maximum atomic E-state index is 11.4. The minimum atomic E-state index is -1.29. The number of carbonyl (C=O) groups excluding carboxylic acids is 1. The first kappa shape index (κ1) is 11.9. The van der Waals surface area contributed by atoms with Gasteiger partial charge in [0.2, 0.25) is 5.91 Å². The number of carbonyl (C=O) groups is 2. The number of hydrogen-bond acceptors (Lipinski definition) is 5. The predicted octanol–water partition coefficient (Wildman–Crippen LogP) is -2.73. The van der Waals surface area contributed by atoms with E-state index in [1.54, 1.807) is 0 Å². The van der Waals surface area contributed by atoms with Gasteiger partial charge in [0.05, 0.1) is 18.8 Å². The normalized spacial score (nSPS) is 27.3. The van der Waals surface area contributed by atoms with Crippen molar-refractivity contribution in [3.05, 3.63) is 0 Å². The third-order valence-corrected chi connectivity index (χ3v) is 2.22. The van der Waals surface area contributed by atoms with Crippen LogP contribution in [-0.2, 0) is 9.59 Å². The summed E-state index contributed by atoms with van der Waals surface area (Å²) in [4.78, 5) is 21.9. The van der Waals surface area contributed by atoms with Gasteiger partial charge in [-0.15, -0.1) is 0 Å². The summed E-state index contributed by atoms with van der Waals surface area (Å²) in [6, 6.07) is -1.88. The number of carboxylic acid groups (broad SMARTS) is 1. The third-order valence-electron chi connectivity index (χ3n) is 2.22. The second-order valence-corrected chi connectivity index (χ2v) is 3.43. The molecule has 86 valence electrons. The first-order chi connectivity index (χ1) is 7.04. The van der Waals surface area contributed by atoms with Crippen molar-refractivity contribution in [3.63, 3.8) is 0 Å². The Balaban J connectivity index is 2.44. The molecule has 0 saturated carbocycles. The van der Waals surface area contributed by atoms with Gasteiger partial charge in [-0.1, -0.05) is 0 Å². The van der Waals surface area contributed by atoms with Crippen LogP contribution < -0.4 is 10.6 Å². The van der Waals surface area contributed by atoms with E-state index in [0.29, 0.717) is 6.54 Å². The molecule has 1 aliphatic rings. The van der Waals surface area contributed by atoms with Gasteiger partial charge in [-0.2, -0.15) is 0 Å². The van der Waals surface area contributed by atoms with Crippen molar-refractivity contribution in [1.82, 2.24) is 10.6 Å². The minimum Gasteiger partial charge on any atom is -0.480 e. The van der Waals surface area contributed by atoms with Crippen molar-refractivity contribution < 1.29 is 24.9 Å². The Morgan fingerprint density at radius 2 is 2.20 bits per heavy atom. The van der Waals surface area contributed by atoms with E-state index in [0.717, 1.165) is 0 Å². The van der Waals surface area contributed by atoms with Crippen molar-refractivity contribution in [2.24, 2.45) is 0 Å². The fraction of sp³-hybridized carbons (Fsp3) is 0.750. The van der Waals surface area contributed by atoms with Crippen molar-refractivity contribution in [3.8, 4) is 0 Å². The van der Waals surface area contributed by atoms with Gasteiger partial charge in [0, 0.05) is 6.54 Å². The number of aliphatic hydroxyl groups excluding tert-OH is 2. The molecule has 1 heterocycles. The van der Waals surface area contributed by atoms with Crippen molar-refractivity contribution >= 4 is 11.9 Å². The standard InChI is InChI=1S/C8H14N2O5/c11-3-6(8(14)15)10-7(13)5-1-4(12)2-9-5/h4-6,9,11-12H,1-3H2,(H,10,13)(H,14,15)/t4-,5?,6+/m0/s1. The van der Waals surface area contributed by atoms with Crippen LogP contribution in [-0.4, -0.2) is 58.5 Å². The lowest BCUT2D eigenvalue weighted by Gasteiger charge is -2.15. The fourth-order valence-corrected chi connectivity index (χ4v) is 1.37. The summed E-state index contributed by atoms with van der Waals surface area (Å²) in [5.74, 6) is -1.81. The second kappa shape index (κ2) is 5.06. The van der Waals surface area contributed by atoms with E-state index < -0.39 is 36.7 Å². The van der Waals surface area contributed by atoms with Crippen molar-refractivity contribution in [1.29, 1.82) is 0 Å². The lowest BCUT2D eigenvalue weighted by Crippen LogP contribution is -2.49. The summed E-state index contributed by atoms with van der Waals surface area (Å²) in [6.45, 7) is -0.342. The summed E-state index contributed by atoms with van der Waals surface area (Å²) in [5, 5.41) is 31.3. The average molecular weight is 218 g/mol. The molecule has 0 radical (unpaired) electrons. The van der Waals surface area contributed by atoms with Gasteiger partial charge in [0.25, 0.3) is 0 Å². The van der Waals surface area contributed by atoms with Gasteiger partial charge < -0.3 is 26.0 Å². The Hall–Kier alpha value is -1.18. The van der Waals surface area contributed by atoms with Crippen LogP contribution in [0.25, 0.3) is 0 Å². The Morgan fingerprint density at radius 3 is 2.60 bits per heavy atom. The van der Waals surface area contributed by atoms with Gasteiger partial charge in [-0.25, -0.2) is 4.79 Å². The Kier molecular flexibility index (Phi) is 4.01. The molecule has 0 aromatic carbocycles.